The summed E-state index contributed by atoms with van der Waals surface area (Å²) in [5.41, 5.74) is 0. The van der Waals surface area contributed by atoms with Crippen LogP contribution >= 0.6 is 0 Å². The van der Waals surface area contributed by atoms with Crippen LogP contribution < -0.4 is 5.32 Å². The second-order valence-corrected chi connectivity index (χ2v) is 4.00. The zero-order chi connectivity index (χ0) is 12.7. The van der Waals surface area contributed by atoms with Crippen LogP contribution in [0.3, 0.4) is 0 Å². The smallest absolute Gasteiger partial charge is 0.317 e. The van der Waals surface area contributed by atoms with Crippen molar-refractivity contribution in [1.82, 2.24) is 10.2 Å². The minimum atomic E-state index is -0.867. The van der Waals surface area contributed by atoms with Gasteiger partial charge in [0.15, 0.2) is 0 Å². The lowest BCUT2D eigenvalue weighted by molar-refractivity contribution is -0.141. The number of hydrogen-bond donors (Lipinski definition) is 2. The Hall–Kier alpha value is -1.26. The molecular formula is C11H22N2O3. The van der Waals surface area contributed by atoms with Crippen LogP contribution in [0.4, 0.5) is 4.79 Å². The first-order chi connectivity index (χ1) is 7.43. The molecule has 0 aromatic carbocycles. The van der Waals surface area contributed by atoms with E-state index in [0.29, 0.717) is 6.42 Å². The summed E-state index contributed by atoms with van der Waals surface area (Å²) in [7, 11) is 1.71. The first-order valence-electron chi connectivity index (χ1n) is 5.67. The molecule has 0 fully saturated rings. The van der Waals surface area contributed by atoms with Crippen molar-refractivity contribution in [3.63, 3.8) is 0 Å². The molecule has 0 spiro atoms. The summed E-state index contributed by atoms with van der Waals surface area (Å²) >= 11 is 0. The summed E-state index contributed by atoms with van der Waals surface area (Å²) in [5.74, 6) is -1.37. The van der Waals surface area contributed by atoms with Crippen molar-refractivity contribution < 1.29 is 14.7 Å². The predicted octanol–water partition coefficient (Wildman–Crippen LogP) is 1.54. The van der Waals surface area contributed by atoms with Crippen LogP contribution in [0, 0.1) is 5.92 Å². The minimum Gasteiger partial charge on any atom is -0.481 e. The number of nitrogens with one attached hydrogen (secondary N) is 1. The second kappa shape index (κ2) is 7.09. The van der Waals surface area contributed by atoms with Gasteiger partial charge in [-0.15, -0.1) is 0 Å². The Kier molecular flexibility index (Phi) is 6.53. The number of aliphatic carboxylic acids is 1. The van der Waals surface area contributed by atoms with Gasteiger partial charge in [-0.25, -0.2) is 4.79 Å². The predicted molar refractivity (Wildman–Crippen MR) is 62.3 cm³/mol. The monoisotopic (exact) mass is 230 g/mol. The molecular weight excluding hydrogens is 208 g/mol. The van der Waals surface area contributed by atoms with E-state index in [-0.39, 0.29) is 18.6 Å². The van der Waals surface area contributed by atoms with E-state index < -0.39 is 11.9 Å². The molecule has 5 nitrogen and oxygen atoms in total. The van der Waals surface area contributed by atoms with Crippen molar-refractivity contribution >= 4 is 12.0 Å². The Morgan fingerprint density at radius 2 is 1.88 bits per heavy atom. The number of carboxylic acids is 1. The summed E-state index contributed by atoms with van der Waals surface area (Å²) in [4.78, 5) is 23.9. The standard InChI is InChI=1S/C11H22N2O3/c1-5-8(3)13(4)11(16)12-7-9(6-2)10(14)15/h8-9H,5-7H2,1-4H3,(H,12,16)(H,14,15). The number of nitrogens with zero attached hydrogens (tertiary/aromatic N) is 1. The number of rotatable bonds is 6. The molecule has 2 atom stereocenters. The van der Waals surface area contributed by atoms with E-state index in [0.717, 1.165) is 6.42 Å². The molecule has 0 saturated carbocycles. The van der Waals surface area contributed by atoms with Gasteiger partial charge in [0.1, 0.15) is 0 Å². The van der Waals surface area contributed by atoms with Crippen LogP contribution in [0.1, 0.15) is 33.6 Å². The highest BCUT2D eigenvalue weighted by molar-refractivity contribution is 5.76. The molecule has 0 bridgehead atoms. The average molecular weight is 230 g/mol. The normalized spacial score (nSPS) is 14.0. The van der Waals surface area contributed by atoms with Gasteiger partial charge in [0.2, 0.25) is 0 Å². The summed E-state index contributed by atoms with van der Waals surface area (Å²) < 4.78 is 0. The largest absolute Gasteiger partial charge is 0.481 e. The Labute approximate surface area is 96.8 Å². The van der Waals surface area contributed by atoms with Gasteiger partial charge in [-0.1, -0.05) is 13.8 Å². The van der Waals surface area contributed by atoms with Crippen LogP contribution in [0.2, 0.25) is 0 Å². The van der Waals surface area contributed by atoms with E-state index in [1.807, 2.05) is 13.8 Å². The van der Waals surface area contributed by atoms with Gasteiger partial charge in [-0.05, 0) is 19.8 Å². The Balaban J connectivity index is 4.10. The van der Waals surface area contributed by atoms with Crippen LogP contribution in [-0.2, 0) is 4.79 Å². The molecule has 0 aliphatic rings. The summed E-state index contributed by atoms with van der Waals surface area (Å²) in [5, 5.41) is 11.5. The Morgan fingerprint density at radius 3 is 2.25 bits per heavy atom. The molecule has 94 valence electrons. The zero-order valence-corrected chi connectivity index (χ0v) is 10.5. The maximum Gasteiger partial charge on any atom is 0.317 e. The zero-order valence-electron chi connectivity index (χ0n) is 10.5. The number of carbonyl (C=O) groups excluding carboxylic acids is 1. The molecule has 2 amide bonds. The fraction of sp³-hybridized carbons (Fsp3) is 0.818. The summed E-state index contributed by atoms with van der Waals surface area (Å²) in [6.45, 7) is 5.93. The van der Waals surface area contributed by atoms with Crippen LogP contribution in [0.5, 0.6) is 0 Å². The molecule has 0 aromatic rings. The highest BCUT2D eigenvalue weighted by atomic mass is 16.4. The maximum atomic E-state index is 11.6. The number of carbonyl (C=O) groups is 2. The molecule has 0 aromatic heterocycles. The lowest BCUT2D eigenvalue weighted by Gasteiger charge is -2.24. The average Bonchev–Trinajstić information content (AvgIpc) is 2.26. The third-order valence-electron chi connectivity index (χ3n) is 2.91. The van der Waals surface area contributed by atoms with E-state index in [4.69, 9.17) is 5.11 Å². The minimum absolute atomic E-state index is 0.157. The van der Waals surface area contributed by atoms with Crippen molar-refractivity contribution in [1.29, 1.82) is 0 Å². The van der Waals surface area contributed by atoms with Gasteiger partial charge >= 0.3 is 12.0 Å². The number of urea groups is 1. The van der Waals surface area contributed by atoms with E-state index in [9.17, 15) is 9.59 Å². The number of amides is 2. The van der Waals surface area contributed by atoms with Gasteiger partial charge < -0.3 is 15.3 Å². The van der Waals surface area contributed by atoms with Gasteiger partial charge in [0, 0.05) is 19.6 Å². The summed E-state index contributed by atoms with van der Waals surface area (Å²) in [6.07, 6.45) is 1.39. The Morgan fingerprint density at radius 1 is 1.31 bits per heavy atom. The van der Waals surface area contributed by atoms with Gasteiger partial charge in [-0.3, -0.25) is 4.79 Å². The molecule has 0 rings (SSSR count). The lowest BCUT2D eigenvalue weighted by Crippen LogP contribution is -2.44. The van der Waals surface area contributed by atoms with Gasteiger partial charge in [0.25, 0.3) is 0 Å². The quantitative estimate of drug-likeness (QED) is 0.727. The molecule has 0 radical (unpaired) electrons. The molecule has 16 heavy (non-hydrogen) atoms. The molecule has 5 heteroatoms. The SMILES string of the molecule is CCC(CNC(=O)N(C)C(C)CC)C(=O)O. The number of carboxylic acid groups (broad SMARTS) is 1. The van der Waals surface area contributed by atoms with Gasteiger partial charge in [0.05, 0.1) is 5.92 Å². The topological polar surface area (TPSA) is 69.6 Å². The first kappa shape index (κ1) is 14.7. The lowest BCUT2D eigenvalue weighted by atomic mass is 10.1. The second-order valence-electron chi connectivity index (χ2n) is 4.00. The fourth-order valence-electron chi connectivity index (χ4n) is 1.22. The molecule has 0 heterocycles. The van der Waals surface area contributed by atoms with Gasteiger partial charge in [-0.2, -0.15) is 0 Å². The molecule has 0 aliphatic heterocycles. The van der Waals surface area contributed by atoms with Crippen molar-refractivity contribution in [3.05, 3.63) is 0 Å². The van der Waals surface area contributed by atoms with Crippen molar-refractivity contribution in [2.24, 2.45) is 5.92 Å². The molecule has 0 saturated heterocycles. The van der Waals surface area contributed by atoms with E-state index in [1.165, 1.54) is 0 Å². The maximum absolute atomic E-state index is 11.6. The third-order valence-corrected chi connectivity index (χ3v) is 2.91. The van der Waals surface area contributed by atoms with Crippen molar-refractivity contribution in [3.8, 4) is 0 Å². The molecule has 2 N–H and O–H groups in total. The van der Waals surface area contributed by atoms with E-state index >= 15 is 0 Å². The van der Waals surface area contributed by atoms with E-state index in [1.54, 1.807) is 18.9 Å². The fourth-order valence-corrected chi connectivity index (χ4v) is 1.22. The highest BCUT2D eigenvalue weighted by Gasteiger charge is 2.18. The summed E-state index contributed by atoms with van der Waals surface area (Å²) in [6, 6.07) is -0.0565. The number of hydrogen-bond acceptors (Lipinski definition) is 2. The third kappa shape index (κ3) is 4.51. The first-order valence-corrected chi connectivity index (χ1v) is 5.67. The van der Waals surface area contributed by atoms with Crippen molar-refractivity contribution in [2.75, 3.05) is 13.6 Å². The van der Waals surface area contributed by atoms with E-state index in [2.05, 4.69) is 5.32 Å². The highest BCUT2D eigenvalue weighted by Crippen LogP contribution is 2.03. The van der Waals surface area contributed by atoms with Crippen molar-refractivity contribution in [2.45, 2.75) is 39.7 Å². The van der Waals surface area contributed by atoms with Crippen LogP contribution in [0.25, 0.3) is 0 Å². The van der Waals surface area contributed by atoms with Crippen LogP contribution in [-0.4, -0.2) is 41.6 Å². The molecule has 0 aliphatic carbocycles. The molecule has 2 unspecified atom stereocenters. The Bertz CT molecular complexity index is 243. The van der Waals surface area contributed by atoms with Crippen LogP contribution in [0.15, 0.2) is 0 Å².